The second-order valence-corrected chi connectivity index (χ2v) is 6.43. The van der Waals surface area contributed by atoms with Crippen molar-refractivity contribution in [3.05, 3.63) is 44.2 Å². The first-order chi connectivity index (χ1) is 9.38. The predicted octanol–water partition coefficient (Wildman–Crippen LogP) is 5.72. The lowest BCUT2D eigenvalue weighted by Gasteiger charge is -2.14. The van der Waals surface area contributed by atoms with Crippen molar-refractivity contribution in [2.45, 2.75) is 26.7 Å². The van der Waals surface area contributed by atoms with Gasteiger partial charge in [-0.1, -0.05) is 53.0 Å². The second kappa shape index (κ2) is 6.29. The van der Waals surface area contributed by atoms with E-state index in [1.165, 1.54) is 0 Å². The Kier molecular flexibility index (Phi) is 4.89. The van der Waals surface area contributed by atoms with Gasteiger partial charge < -0.3 is 5.32 Å². The molecule has 0 saturated carbocycles. The summed E-state index contributed by atoms with van der Waals surface area (Å²) in [5.41, 5.74) is 1.57. The molecular weight excluding hydrogens is 361 g/mol. The number of hydrogen-bond donors (Lipinski definition) is 1. The summed E-state index contributed by atoms with van der Waals surface area (Å²) in [6.45, 7) is 5.92. The highest BCUT2D eigenvalue weighted by atomic mass is 79.9. The summed E-state index contributed by atoms with van der Waals surface area (Å²) >= 11 is 15.8. The summed E-state index contributed by atoms with van der Waals surface area (Å²) in [5.74, 6) is 1.58. The summed E-state index contributed by atoms with van der Waals surface area (Å²) in [5, 5.41) is 4.29. The second-order valence-electron chi connectivity index (χ2n) is 4.75. The number of nitrogens with one attached hydrogen (secondary N) is 1. The van der Waals surface area contributed by atoms with Crippen molar-refractivity contribution in [2.75, 3.05) is 5.32 Å². The summed E-state index contributed by atoms with van der Waals surface area (Å²) in [6.07, 6.45) is 0. The lowest BCUT2D eigenvalue weighted by Crippen LogP contribution is -2.05. The van der Waals surface area contributed by atoms with Crippen LogP contribution in [0, 0.1) is 6.92 Å². The van der Waals surface area contributed by atoms with Crippen LogP contribution in [0.4, 0.5) is 11.5 Å². The number of benzene rings is 1. The van der Waals surface area contributed by atoms with Crippen LogP contribution >= 0.6 is 39.1 Å². The van der Waals surface area contributed by atoms with E-state index in [0.717, 1.165) is 15.7 Å². The van der Waals surface area contributed by atoms with Crippen molar-refractivity contribution in [1.29, 1.82) is 0 Å². The quantitative estimate of drug-likeness (QED) is 0.698. The fraction of sp³-hybridized carbons (Fsp3) is 0.286. The summed E-state index contributed by atoms with van der Waals surface area (Å²) < 4.78 is 0.936. The number of rotatable bonds is 3. The molecular formula is C14H14BrCl2N3. The van der Waals surface area contributed by atoms with Crippen LogP contribution in [0.2, 0.25) is 10.2 Å². The summed E-state index contributed by atoms with van der Waals surface area (Å²) in [6, 6.07) is 5.59. The molecule has 0 saturated heterocycles. The SMILES string of the molecule is Cc1c(Cl)nc(C(C)C)nc1Nc1cc(Br)ccc1Cl. The third kappa shape index (κ3) is 3.43. The van der Waals surface area contributed by atoms with E-state index in [9.17, 15) is 0 Å². The van der Waals surface area contributed by atoms with E-state index in [1.807, 2.05) is 39.0 Å². The molecule has 0 atom stereocenters. The third-order valence-electron chi connectivity index (χ3n) is 2.80. The molecule has 20 heavy (non-hydrogen) atoms. The minimum Gasteiger partial charge on any atom is -0.339 e. The maximum absolute atomic E-state index is 6.18. The average Bonchev–Trinajstić information content (AvgIpc) is 2.38. The number of halogens is 3. The van der Waals surface area contributed by atoms with Crippen LogP contribution < -0.4 is 5.32 Å². The van der Waals surface area contributed by atoms with Gasteiger partial charge in [0.05, 0.1) is 10.7 Å². The minimum absolute atomic E-state index is 0.201. The zero-order valence-corrected chi connectivity index (χ0v) is 14.4. The smallest absolute Gasteiger partial charge is 0.138 e. The highest BCUT2D eigenvalue weighted by Gasteiger charge is 2.13. The first-order valence-corrected chi connectivity index (χ1v) is 7.69. The van der Waals surface area contributed by atoms with Gasteiger partial charge >= 0.3 is 0 Å². The monoisotopic (exact) mass is 373 g/mol. The van der Waals surface area contributed by atoms with Crippen LogP contribution in [-0.4, -0.2) is 9.97 Å². The van der Waals surface area contributed by atoms with Gasteiger partial charge in [0.1, 0.15) is 16.8 Å². The van der Waals surface area contributed by atoms with E-state index in [1.54, 1.807) is 0 Å². The van der Waals surface area contributed by atoms with E-state index >= 15 is 0 Å². The van der Waals surface area contributed by atoms with Crippen molar-refractivity contribution in [2.24, 2.45) is 0 Å². The molecule has 2 aromatic rings. The Morgan fingerprint density at radius 1 is 1.20 bits per heavy atom. The Morgan fingerprint density at radius 3 is 2.55 bits per heavy atom. The number of hydrogen-bond acceptors (Lipinski definition) is 3. The van der Waals surface area contributed by atoms with E-state index < -0.39 is 0 Å². The third-order valence-corrected chi connectivity index (χ3v) is 3.99. The van der Waals surface area contributed by atoms with Gasteiger partial charge in [-0.2, -0.15) is 0 Å². The topological polar surface area (TPSA) is 37.8 Å². The Bertz CT molecular complexity index is 645. The van der Waals surface area contributed by atoms with Gasteiger partial charge in [0.2, 0.25) is 0 Å². The van der Waals surface area contributed by atoms with Crippen molar-refractivity contribution in [3.8, 4) is 0 Å². The van der Waals surface area contributed by atoms with Crippen molar-refractivity contribution >= 4 is 50.6 Å². The van der Waals surface area contributed by atoms with Crippen LogP contribution in [0.15, 0.2) is 22.7 Å². The van der Waals surface area contributed by atoms with Gasteiger partial charge in [-0.25, -0.2) is 9.97 Å². The molecule has 106 valence electrons. The first-order valence-electron chi connectivity index (χ1n) is 6.14. The fourth-order valence-corrected chi connectivity index (χ4v) is 2.31. The molecule has 1 N–H and O–H groups in total. The molecule has 1 aromatic carbocycles. The molecule has 1 heterocycles. The van der Waals surface area contributed by atoms with E-state index in [4.69, 9.17) is 23.2 Å². The van der Waals surface area contributed by atoms with E-state index in [0.29, 0.717) is 21.8 Å². The van der Waals surface area contributed by atoms with Crippen LogP contribution in [0.25, 0.3) is 0 Å². The van der Waals surface area contributed by atoms with Gasteiger partial charge in [-0.3, -0.25) is 0 Å². The molecule has 0 bridgehead atoms. The van der Waals surface area contributed by atoms with Gasteiger partial charge in [0, 0.05) is 16.0 Å². The van der Waals surface area contributed by atoms with E-state index in [2.05, 4.69) is 31.2 Å². The fourth-order valence-electron chi connectivity index (χ4n) is 1.61. The standard InChI is InChI=1S/C14H14BrCl2N3/c1-7(2)13-19-12(17)8(3)14(20-13)18-11-6-9(15)4-5-10(11)16/h4-7H,1-3H3,(H,18,19,20). The Labute approximate surface area is 136 Å². The normalized spacial score (nSPS) is 10.9. The number of nitrogens with zero attached hydrogens (tertiary/aromatic N) is 2. The molecule has 2 rings (SSSR count). The van der Waals surface area contributed by atoms with Gasteiger partial charge in [0.15, 0.2) is 0 Å². The van der Waals surface area contributed by atoms with Crippen LogP contribution in [0.5, 0.6) is 0 Å². The maximum atomic E-state index is 6.18. The molecule has 0 radical (unpaired) electrons. The van der Waals surface area contributed by atoms with Crippen molar-refractivity contribution in [3.63, 3.8) is 0 Å². The van der Waals surface area contributed by atoms with Gasteiger partial charge in [-0.15, -0.1) is 0 Å². The van der Waals surface area contributed by atoms with Crippen molar-refractivity contribution < 1.29 is 0 Å². The minimum atomic E-state index is 0.201. The first kappa shape index (κ1) is 15.5. The molecule has 6 heteroatoms. The van der Waals surface area contributed by atoms with Gasteiger partial charge in [-0.05, 0) is 25.1 Å². The molecule has 0 unspecified atom stereocenters. The van der Waals surface area contributed by atoms with E-state index in [-0.39, 0.29) is 5.92 Å². The Morgan fingerprint density at radius 2 is 1.90 bits per heavy atom. The number of anilines is 2. The molecule has 0 aliphatic rings. The van der Waals surface area contributed by atoms with Crippen LogP contribution in [0.3, 0.4) is 0 Å². The molecule has 0 fully saturated rings. The zero-order chi connectivity index (χ0) is 14.9. The lowest BCUT2D eigenvalue weighted by atomic mass is 10.2. The Balaban J connectivity index is 2.45. The van der Waals surface area contributed by atoms with Gasteiger partial charge in [0.25, 0.3) is 0 Å². The van der Waals surface area contributed by atoms with Crippen LogP contribution in [0.1, 0.15) is 31.2 Å². The predicted molar refractivity (Wildman–Crippen MR) is 88.3 cm³/mol. The molecule has 0 spiro atoms. The Hall–Kier alpha value is -0.840. The average molecular weight is 375 g/mol. The lowest BCUT2D eigenvalue weighted by molar-refractivity contribution is 0.773. The maximum Gasteiger partial charge on any atom is 0.138 e. The number of aromatic nitrogens is 2. The molecule has 0 aliphatic carbocycles. The molecule has 0 aliphatic heterocycles. The summed E-state index contributed by atoms with van der Waals surface area (Å²) in [7, 11) is 0. The van der Waals surface area contributed by atoms with Crippen molar-refractivity contribution in [1.82, 2.24) is 9.97 Å². The van der Waals surface area contributed by atoms with Crippen LogP contribution in [-0.2, 0) is 0 Å². The summed E-state index contributed by atoms with van der Waals surface area (Å²) in [4.78, 5) is 8.80. The zero-order valence-electron chi connectivity index (χ0n) is 11.3. The highest BCUT2D eigenvalue weighted by molar-refractivity contribution is 9.10. The molecule has 0 amide bonds. The molecule has 3 nitrogen and oxygen atoms in total. The highest BCUT2D eigenvalue weighted by Crippen LogP contribution is 2.31. The molecule has 1 aromatic heterocycles. The largest absolute Gasteiger partial charge is 0.339 e.